The molecule has 1 aliphatic heterocycles. The summed E-state index contributed by atoms with van der Waals surface area (Å²) in [6.45, 7) is 0. The topological polar surface area (TPSA) is 86.8 Å². The van der Waals surface area contributed by atoms with Gasteiger partial charge < -0.3 is 10.8 Å². The van der Waals surface area contributed by atoms with Gasteiger partial charge in [0.05, 0.1) is 0 Å². The van der Waals surface area contributed by atoms with Crippen molar-refractivity contribution in [3.8, 4) is 0 Å². The second kappa shape index (κ2) is 2.63. The van der Waals surface area contributed by atoms with Gasteiger partial charge in [0.1, 0.15) is 5.76 Å². The Labute approximate surface area is 63.0 Å². The summed E-state index contributed by atoms with van der Waals surface area (Å²) >= 11 is 0. The summed E-state index contributed by atoms with van der Waals surface area (Å²) < 4.78 is 0. The lowest BCUT2D eigenvalue weighted by atomic mass is 10.2. The van der Waals surface area contributed by atoms with Crippen molar-refractivity contribution in [3.63, 3.8) is 0 Å². The molecule has 5 heteroatoms. The first-order valence-electron chi connectivity index (χ1n) is 2.97. The van der Waals surface area contributed by atoms with Crippen LogP contribution in [-0.4, -0.2) is 27.3 Å². The van der Waals surface area contributed by atoms with Crippen LogP contribution in [0.2, 0.25) is 0 Å². The van der Waals surface area contributed by atoms with Gasteiger partial charge in [0.25, 0.3) is 0 Å². The molecule has 0 spiro atoms. The molecule has 0 aliphatic carbocycles. The van der Waals surface area contributed by atoms with Crippen LogP contribution in [-0.2, 0) is 4.79 Å². The molecule has 1 unspecified atom stereocenters. The van der Waals surface area contributed by atoms with Crippen LogP contribution in [0.1, 0.15) is 0 Å². The first-order valence-corrected chi connectivity index (χ1v) is 2.97. The largest absolute Gasteiger partial charge is 0.508 e. The van der Waals surface area contributed by atoms with E-state index in [0.29, 0.717) is 5.06 Å². The number of carbonyl (C=O) groups excluding carboxylic acids is 1. The fourth-order valence-corrected chi connectivity index (χ4v) is 0.752. The number of carbonyl (C=O) groups is 1. The van der Waals surface area contributed by atoms with E-state index in [1.807, 2.05) is 0 Å². The summed E-state index contributed by atoms with van der Waals surface area (Å²) in [5.41, 5.74) is 4.89. The zero-order valence-corrected chi connectivity index (χ0v) is 5.64. The molecular formula is C6H8N2O3. The highest BCUT2D eigenvalue weighted by Crippen LogP contribution is 2.08. The zero-order valence-electron chi connectivity index (χ0n) is 5.64. The van der Waals surface area contributed by atoms with E-state index in [4.69, 9.17) is 16.0 Å². The Balaban J connectivity index is 2.81. The van der Waals surface area contributed by atoms with Crippen LogP contribution in [0.25, 0.3) is 0 Å². The van der Waals surface area contributed by atoms with Gasteiger partial charge in [-0.25, -0.2) is 5.06 Å². The first kappa shape index (κ1) is 7.62. The highest BCUT2D eigenvalue weighted by molar-refractivity contribution is 5.82. The number of allylic oxidation sites excluding steroid dienone is 1. The first-order chi connectivity index (χ1) is 5.11. The molecule has 0 saturated carbocycles. The Morgan fingerprint density at radius 2 is 2.36 bits per heavy atom. The van der Waals surface area contributed by atoms with Crippen LogP contribution >= 0.6 is 0 Å². The minimum absolute atomic E-state index is 0.0842. The van der Waals surface area contributed by atoms with Crippen molar-refractivity contribution < 1.29 is 15.1 Å². The van der Waals surface area contributed by atoms with Crippen molar-refractivity contribution >= 4 is 5.91 Å². The Bertz CT molecular complexity index is 234. The number of hydrogen-bond acceptors (Lipinski definition) is 4. The number of rotatable bonds is 1. The molecule has 60 valence electrons. The van der Waals surface area contributed by atoms with Gasteiger partial charge >= 0.3 is 0 Å². The van der Waals surface area contributed by atoms with E-state index in [2.05, 4.69) is 0 Å². The van der Waals surface area contributed by atoms with Gasteiger partial charge in [-0.3, -0.25) is 10.0 Å². The number of nitrogens with two attached hydrogens (primary N) is 1. The quantitative estimate of drug-likeness (QED) is 0.477. The zero-order chi connectivity index (χ0) is 8.43. The maximum Gasteiger partial charge on any atom is 0.246 e. The number of hydrogen-bond donors (Lipinski definition) is 3. The monoisotopic (exact) mass is 156 g/mol. The van der Waals surface area contributed by atoms with Gasteiger partial charge in [-0.05, 0) is 12.2 Å². The van der Waals surface area contributed by atoms with Crippen LogP contribution in [0.3, 0.4) is 0 Å². The van der Waals surface area contributed by atoms with Crippen molar-refractivity contribution in [1.29, 1.82) is 0 Å². The standard InChI is InChI=1S/C6H8N2O3/c7-6(10)5-3-4(9)1-2-8(5)11/h1-3,5,9,11H,(H2,7,10). The van der Waals surface area contributed by atoms with Gasteiger partial charge in [0.15, 0.2) is 6.04 Å². The average molecular weight is 156 g/mol. The van der Waals surface area contributed by atoms with Crippen LogP contribution in [0.4, 0.5) is 0 Å². The van der Waals surface area contributed by atoms with E-state index >= 15 is 0 Å². The van der Waals surface area contributed by atoms with Gasteiger partial charge in [-0.2, -0.15) is 0 Å². The number of hydroxylamine groups is 2. The lowest BCUT2D eigenvalue weighted by molar-refractivity contribution is -0.134. The minimum Gasteiger partial charge on any atom is -0.508 e. The predicted octanol–water partition coefficient (Wildman–Crippen LogP) is -0.499. The van der Waals surface area contributed by atoms with Crippen molar-refractivity contribution in [2.45, 2.75) is 6.04 Å². The van der Waals surface area contributed by atoms with E-state index in [0.717, 1.165) is 12.3 Å². The second-order valence-corrected chi connectivity index (χ2v) is 2.13. The van der Waals surface area contributed by atoms with E-state index < -0.39 is 11.9 Å². The highest BCUT2D eigenvalue weighted by atomic mass is 16.5. The number of aliphatic hydroxyl groups is 1. The molecule has 4 N–H and O–H groups in total. The molecule has 0 bridgehead atoms. The SMILES string of the molecule is NC(=O)C1C=C(O)C=CN1O. The third-order valence-corrected chi connectivity index (χ3v) is 1.30. The maximum absolute atomic E-state index is 10.5. The van der Waals surface area contributed by atoms with Crippen LogP contribution in [0.15, 0.2) is 24.1 Å². The predicted molar refractivity (Wildman–Crippen MR) is 36.5 cm³/mol. The summed E-state index contributed by atoms with van der Waals surface area (Å²) in [4.78, 5) is 10.5. The second-order valence-electron chi connectivity index (χ2n) is 2.13. The van der Waals surface area contributed by atoms with Crippen molar-refractivity contribution in [2.75, 3.05) is 0 Å². The van der Waals surface area contributed by atoms with Crippen LogP contribution < -0.4 is 5.73 Å². The lowest BCUT2D eigenvalue weighted by Crippen LogP contribution is -2.40. The van der Waals surface area contributed by atoms with Gasteiger partial charge in [-0.1, -0.05) is 0 Å². The molecule has 0 fully saturated rings. The van der Waals surface area contributed by atoms with Crippen molar-refractivity contribution in [1.82, 2.24) is 5.06 Å². The molecule has 1 amide bonds. The molecule has 11 heavy (non-hydrogen) atoms. The molecule has 5 nitrogen and oxygen atoms in total. The van der Waals surface area contributed by atoms with Gasteiger partial charge in [0, 0.05) is 6.20 Å². The fraction of sp³-hybridized carbons (Fsp3) is 0.167. The lowest BCUT2D eigenvalue weighted by Gasteiger charge is -2.21. The highest BCUT2D eigenvalue weighted by Gasteiger charge is 2.20. The normalized spacial score (nSPS) is 23.2. The van der Waals surface area contributed by atoms with E-state index in [1.165, 1.54) is 6.08 Å². The van der Waals surface area contributed by atoms with Gasteiger partial charge in [-0.15, -0.1) is 0 Å². The molecule has 0 aromatic rings. The third kappa shape index (κ3) is 1.50. The Kier molecular flexibility index (Phi) is 1.82. The molecule has 0 radical (unpaired) electrons. The Morgan fingerprint density at radius 3 is 2.82 bits per heavy atom. The number of amides is 1. The molecular weight excluding hydrogens is 148 g/mol. The summed E-state index contributed by atoms with van der Waals surface area (Å²) in [5.74, 6) is -0.803. The Hall–Kier alpha value is -1.49. The summed E-state index contributed by atoms with van der Waals surface area (Å²) in [5, 5.41) is 18.4. The molecule has 1 atom stereocenters. The molecule has 0 aromatic carbocycles. The number of nitrogens with zero attached hydrogens (tertiary/aromatic N) is 1. The van der Waals surface area contributed by atoms with E-state index in [1.54, 1.807) is 0 Å². The molecule has 1 heterocycles. The number of aliphatic hydroxyl groups excluding tert-OH is 1. The van der Waals surface area contributed by atoms with Crippen LogP contribution in [0.5, 0.6) is 0 Å². The summed E-state index contributed by atoms with van der Waals surface area (Å²) in [6.07, 6.45) is 3.56. The fourth-order valence-electron chi connectivity index (χ4n) is 0.752. The van der Waals surface area contributed by atoms with Crippen molar-refractivity contribution in [3.05, 3.63) is 24.1 Å². The summed E-state index contributed by atoms with van der Waals surface area (Å²) in [7, 11) is 0. The average Bonchev–Trinajstić information content (AvgIpc) is 1.94. The molecule has 1 rings (SSSR count). The molecule has 0 saturated heterocycles. The van der Waals surface area contributed by atoms with Crippen molar-refractivity contribution in [2.24, 2.45) is 5.73 Å². The minimum atomic E-state index is -0.972. The smallest absolute Gasteiger partial charge is 0.246 e. The summed E-state index contributed by atoms with van der Waals surface area (Å²) in [6, 6.07) is -0.972. The molecule has 0 aromatic heterocycles. The number of primary amides is 1. The maximum atomic E-state index is 10.5. The molecule has 1 aliphatic rings. The Morgan fingerprint density at radius 1 is 1.73 bits per heavy atom. The third-order valence-electron chi connectivity index (χ3n) is 1.30. The van der Waals surface area contributed by atoms with E-state index in [-0.39, 0.29) is 5.76 Å². The van der Waals surface area contributed by atoms with Gasteiger partial charge in [0.2, 0.25) is 5.91 Å². The van der Waals surface area contributed by atoms with Crippen LogP contribution in [0, 0.1) is 0 Å². The van der Waals surface area contributed by atoms with E-state index in [9.17, 15) is 4.79 Å².